The number of thioether (sulfide) groups is 1. The van der Waals surface area contributed by atoms with Crippen LogP contribution in [-0.4, -0.2) is 42.6 Å². The zero-order valence-electron chi connectivity index (χ0n) is 16.5. The molecular formula is C24H32NOS. The summed E-state index contributed by atoms with van der Waals surface area (Å²) in [5, 5.41) is 0.375. The Balaban J connectivity index is 1.65. The molecule has 0 saturated carbocycles. The van der Waals surface area contributed by atoms with Crippen molar-refractivity contribution in [3.8, 4) is 11.1 Å². The molecule has 0 spiro atoms. The maximum atomic E-state index is 6.10. The first-order chi connectivity index (χ1) is 13.3. The van der Waals surface area contributed by atoms with Crippen LogP contribution >= 0.6 is 11.8 Å². The smallest absolute Gasteiger partial charge is 0.0720 e. The van der Waals surface area contributed by atoms with Gasteiger partial charge in [-0.25, -0.2) is 0 Å². The minimum atomic E-state index is 0.375. The standard InChI is InChI=1S/C24H32NOS/c1-20(27-2)17-22-11-12-23(21-9-5-3-6-10-21)18-24(22)19-26-16-15-25-13-7-4-8-14-25/h3,5-6,9-12,18,20H,1,4,7-8,13-17,19H2,2H3. The van der Waals surface area contributed by atoms with E-state index in [0.717, 1.165) is 19.6 Å². The molecule has 0 bridgehead atoms. The zero-order valence-corrected chi connectivity index (χ0v) is 17.3. The molecule has 0 aliphatic carbocycles. The van der Waals surface area contributed by atoms with E-state index in [1.165, 1.54) is 54.6 Å². The van der Waals surface area contributed by atoms with Gasteiger partial charge in [0.1, 0.15) is 0 Å². The highest BCUT2D eigenvalue weighted by Crippen LogP contribution is 2.25. The number of piperidine rings is 1. The van der Waals surface area contributed by atoms with Gasteiger partial charge in [0, 0.05) is 11.8 Å². The summed E-state index contributed by atoms with van der Waals surface area (Å²) in [7, 11) is 0. The Morgan fingerprint density at radius 3 is 2.52 bits per heavy atom. The van der Waals surface area contributed by atoms with Crippen molar-refractivity contribution in [3.05, 3.63) is 66.6 Å². The molecule has 0 amide bonds. The van der Waals surface area contributed by atoms with Crippen LogP contribution in [0, 0.1) is 6.92 Å². The Bertz CT molecular complexity index is 682. The van der Waals surface area contributed by atoms with Crippen molar-refractivity contribution in [2.45, 2.75) is 37.5 Å². The molecule has 2 nitrogen and oxygen atoms in total. The summed E-state index contributed by atoms with van der Waals surface area (Å²) in [5.74, 6) is 0. The third kappa shape index (κ3) is 6.38. The molecule has 1 saturated heterocycles. The Hall–Kier alpha value is -1.29. The first kappa shape index (κ1) is 20.4. The van der Waals surface area contributed by atoms with E-state index in [1.54, 1.807) is 0 Å². The molecule has 1 heterocycles. The summed E-state index contributed by atoms with van der Waals surface area (Å²) in [6.45, 7) is 9.26. The fraction of sp³-hybridized carbons (Fsp3) is 0.458. The lowest BCUT2D eigenvalue weighted by molar-refractivity contribution is 0.0860. The number of hydrogen-bond acceptors (Lipinski definition) is 3. The number of benzene rings is 2. The molecule has 1 atom stereocenters. The van der Waals surface area contributed by atoms with Crippen molar-refractivity contribution in [2.24, 2.45) is 0 Å². The summed E-state index contributed by atoms with van der Waals surface area (Å²) < 4.78 is 6.10. The van der Waals surface area contributed by atoms with Gasteiger partial charge in [-0.1, -0.05) is 48.9 Å². The van der Waals surface area contributed by atoms with Crippen molar-refractivity contribution < 1.29 is 4.74 Å². The molecule has 27 heavy (non-hydrogen) atoms. The van der Waals surface area contributed by atoms with Crippen molar-refractivity contribution in [2.75, 3.05) is 32.5 Å². The summed E-state index contributed by atoms with van der Waals surface area (Å²) in [5.41, 5.74) is 5.19. The van der Waals surface area contributed by atoms with Gasteiger partial charge in [0.2, 0.25) is 0 Å². The van der Waals surface area contributed by atoms with Crippen LogP contribution in [0.5, 0.6) is 0 Å². The Morgan fingerprint density at radius 1 is 1.00 bits per heavy atom. The van der Waals surface area contributed by atoms with E-state index in [1.807, 2.05) is 11.8 Å². The molecule has 2 aromatic carbocycles. The molecule has 1 aliphatic rings. The van der Waals surface area contributed by atoms with E-state index in [-0.39, 0.29) is 0 Å². The van der Waals surface area contributed by atoms with Crippen LogP contribution < -0.4 is 0 Å². The van der Waals surface area contributed by atoms with Gasteiger partial charge in [-0.3, -0.25) is 0 Å². The number of rotatable bonds is 9. The van der Waals surface area contributed by atoms with Crippen molar-refractivity contribution in [3.63, 3.8) is 0 Å². The number of likely N-dealkylation sites (tertiary alicyclic amines) is 1. The molecule has 3 rings (SSSR count). The highest BCUT2D eigenvalue weighted by molar-refractivity contribution is 7.99. The van der Waals surface area contributed by atoms with E-state index >= 15 is 0 Å². The minimum absolute atomic E-state index is 0.375. The van der Waals surface area contributed by atoms with Crippen LogP contribution in [0.15, 0.2) is 48.5 Å². The predicted molar refractivity (Wildman–Crippen MR) is 118 cm³/mol. The SMILES string of the molecule is [CH2]C(Cc1ccc(-c2ccccc2)cc1COCCN1CCCCC1)SC. The van der Waals surface area contributed by atoms with Crippen molar-refractivity contribution in [1.29, 1.82) is 0 Å². The minimum Gasteiger partial charge on any atom is -0.375 e. The van der Waals surface area contributed by atoms with Gasteiger partial charge in [-0.15, -0.1) is 0 Å². The molecule has 2 aromatic rings. The van der Waals surface area contributed by atoms with E-state index in [0.29, 0.717) is 11.9 Å². The maximum absolute atomic E-state index is 6.10. The Morgan fingerprint density at radius 2 is 1.78 bits per heavy atom. The predicted octanol–water partition coefficient (Wildman–Crippen LogP) is 5.46. The summed E-state index contributed by atoms with van der Waals surface area (Å²) in [4.78, 5) is 2.53. The van der Waals surface area contributed by atoms with Crippen LogP contribution in [0.2, 0.25) is 0 Å². The molecule has 0 N–H and O–H groups in total. The monoisotopic (exact) mass is 382 g/mol. The summed E-state index contributed by atoms with van der Waals surface area (Å²) in [6, 6.07) is 17.4. The lowest BCUT2D eigenvalue weighted by Crippen LogP contribution is -2.32. The van der Waals surface area contributed by atoms with Crippen LogP contribution in [0.1, 0.15) is 30.4 Å². The first-order valence-electron chi connectivity index (χ1n) is 10.1. The van der Waals surface area contributed by atoms with Gasteiger partial charge in [0.05, 0.1) is 13.2 Å². The van der Waals surface area contributed by atoms with Crippen LogP contribution in [0.25, 0.3) is 11.1 Å². The van der Waals surface area contributed by atoms with Gasteiger partial charge in [-0.05, 0) is 73.9 Å². The molecule has 3 heteroatoms. The third-order valence-corrected chi connectivity index (χ3v) is 6.19. The molecule has 1 aliphatic heterocycles. The number of ether oxygens (including phenoxy) is 1. The van der Waals surface area contributed by atoms with Gasteiger partial charge < -0.3 is 9.64 Å². The lowest BCUT2D eigenvalue weighted by atomic mass is 9.97. The summed E-state index contributed by atoms with van der Waals surface area (Å²) in [6.07, 6.45) is 7.17. The van der Waals surface area contributed by atoms with Crippen LogP contribution in [-0.2, 0) is 17.8 Å². The molecular weight excluding hydrogens is 350 g/mol. The average molecular weight is 383 g/mol. The second kappa shape index (κ2) is 10.9. The quantitative estimate of drug-likeness (QED) is 0.534. The number of nitrogens with zero attached hydrogens (tertiary/aromatic N) is 1. The molecule has 1 fully saturated rings. The lowest BCUT2D eigenvalue weighted by Gasteiger charge is -2.26. The second-order valence-corrected chi connectivity index (χ2v) is 8.50. The van der Waals surface area contributed by atoms with E-state index in [2.05, 4.69) is 66.6 Å². The van der Waals surface area contributed by atoms with E-state index < -0.39 is 0 Å². The van der Waals surface area contributed by atoms with Crippen LogP contribution in [0.4, 0.5) is 0 Å². The van der Waals surface area contributed by atoms with E-state index in [4.69, 9.17) is 4.74 Å². The zero-order chi connectivity index (χ0) is 18.9. The fourth-order valence-electron chi connectivity index (χ4n) is 3.66. The van der Waals surface area contributed by atoms with Gasteiger partial charge in [0.25, 0.3) is 0 Å². The second-order valence-electron chi connectivity index (χ2n) is 7.37. The topological polar surface area (TPSA) is 12.5 Å². The molecule has 0 aromatic heterocycles. The number of hydrogen-bond donors (Lipinski definition) is 0. The summed E-state index contributed by atoms with van der Waals surface area (Å²) >= 11 is 1.82. The van der Waals surface area contributed by atoms with Crippen LogP contribution in [0.3, 0.4) is 0 Å². The average Bonchev–Trinajstić information content (AvgIpc) is 2.73. The first-order valence-corrected chi connectivity index (χ1v) is 11.4. The molecule has 1 radical (unpaired) electrons. The highest BCUT2D eigenvalue weighted by Gasteiger charge is 2.11. The molecule has 145 valence electrons. The Kier molecular flexibility index (Phi) is 8.25. The van der Waals surface area contributed by atoms with Gasteiger partial charge in [0.15, 0.2) is 0 Å². The fourth-order valence-corrected chi connectivity index (χ4v) is 4.00. The van der Waals surface area contributed by atoms with Gasteiger partial charge in [-0.2, -0.15) is 11.8 Å². The normalized spacial score (nSPS) is 16.4. The van der Waals surface area contributed by atoms with Crippen molar-refractivity contribution in [1.82, 2.24) is 4.90 Å². The maximum Gasteiger partial charge on any atom is 0.0720 e. The Labute approximate surface area is 169 Å². The van der Waals surface area contributed by atoms with Crippen molar-refractivity contribution >= 4 is 11.8 Å². The third-order valence-electron chi connectivity index (χ3n) is 5.35. The largest absolute Gasteiger partial charge is 0.375 e. The highest BCUT2D eigenvalue weighted by atomic mass is 32.2. The van der Waals surface area contributed by atoms with Gasteiger partial charge >= 0.3 is 0 Å². The molecule has 1 unspecified atom stereocenters. The van der Waals surface area contributed by atoms with E-state index in [9.17, 15) is 0 Å².